The Morgan fingerprint density at radius 3 is 2.31 bits per heavy atom. The highest BCUT2D eigenvalue weighted by molar-refractivity contribution is 7.92. The largest absolute Gasteiger partial charge is 0.354 e. The lowest BCUT2D eigenvalue weighted by Crippen LogP contribution is -2.48. The minimum Gasteiger partial charge on any atom is -0.354 e. The van der Waals surface area contributed by atoms with E-state index in [-0.39, 0.29) is 43.7 Å². The number of nitrogens with zero attached hydrogens (tertiary/aromatic N) is 2. The number of halogens is 2. The summed E-state index contributed by atoms with van der Waals surface area (Å²) in [6.07, 6.45) is 1.49. The third kappa shape index (κ3) is 8.68. The summed E-state index contributed by atoms with van der Waals surface area (Å²) in [5.41, 5.74) is 2.07. The summed E-state index contributed by atoms with van der Waals surface area (Å²) in [6.45, 7) is 8.25. The van der Waals surface area contributed by atoms with Gasteiger partial charge in [0.05, 0.1) is 11.9 Å². The van der Waals surface area contributed by atoms with Crippen LogP contribution in [0, 0.1) is 12.8 Å². The van der Waals surface area contributed by atoms with E-state index in [4.69, 9.17) is 23.2 Å². The molecule has 0 aromatic heterocycles. The number of carbonyl (C=O) groups excluding carboxylic acids is 2. The van der Waals surface area contributed by atoms with Gasteiger partial charge < -0.3 is 10.2 Å². The fraction of sp³-hybridized carbons (Fsp3) is 0.462. The third-order valence-electron chi connectivity index (χ3n) is 5.74. The van der Waals surface area contributed by atoms with Gasteiger partial charge in [-0.15, -0.1) is 0 Å². The van der Waals surface area contributed by atoms with E-state index in [9.17, 15) is 18.0 Å². The molecule has 0 fully saturated rings. The predicted molar refractivity (Wildman–Crippen MR) is 147 cm³/mol. The second-order valence-corrected chi connectivity index (χ2v) is 12.0. The Morgan fingerprint density at radius 2 is 1.72 bits per heavy atom. The van der Waals surface area contributed by atoms with E-state index >= 15 is 0 Å². The Labute approximate surface area is 224 Å². The quantitative estimate of drug-likeness (QED) is 0.397. The van der Waals surface area contributed by atoms with Gasteiger partial charge in [-0.05, 0) is 55.5 Å². The van der Waals surface area contributed by atoms with Crippen LogP contribution in [-0.2, 0) is 26.2 Å². The SMILES string of the molecule is Cc1ccccc1N(CCCC(=O)N(Cc1ccc(Cl)cc1Cl)[C@@H](C)C(=O)NCC(C)C)S(C)(=O)=O. The second kappa shape index (κ2) is 13.3. The molecule has 0 spiro atoms. The fourth-order valence-corrected chi connectivity index (χ4v) is 5.19. The topological polar surface area (TPSA) is 86.8 Å². The molecule has 0 saturated carbocycles. The first-order valence-corrected chi connectivity index (χ1v) is 14.5. The summed E-state index contributed by atoms with van der Waals surface area (Å²) >= 11 is 12.4. The molecule has 10 heteroatoms. The second-order valence-electron chi connectivity index (χ2n) is 9.30. The van der Waals surface area contributed by atoms with Crippen molar-refractivity contribution < 1.29 is 18.0 Å². The third-order valence-corrected chi connectivity index (χ3v) is 7.51. The minimum atomic E-state index is -3.55. The monoisotopic (exact) mass is 555 g/mol. The Morgan fingerprint density at radius 1 is 1.06 bits per heavy atom. The maximum Gasteiger partial charge on any atom is 0.242 e. The molecule has 2 aromatic rings. The van der Waals surface area contributed by atoms with Crippen LogP contribution in [0.25, 0.3) is 0 Å². The van der Waals surface area contributed by atoms with E-state index in [2.05, 4.69) is 5.32 Å². The molecule has 0 heterocycles. The van der Waals surface area contributed by atoms with Gasteiger partial charge in [0.15, 0.2) is 0 Å². The van der Waals surface area contributed by atoms with Crippen LogP contribution < -0.4 is 9.62 Å². The van der Waals surface area contributed by atoms with Crippen LogP contribution in [0.3, 0.4) is 0 Å². The van der Waals surface area contributed by atoms with E-state index in [0.717, 1.165) is 11.8 Å². The smallest absolute Gasteiger partial charge is 0.242 e. The first-order valence-electron chi connectivity index (χ1n) is 11.9. The van der Waals surface area contributed by atoms with Gasteiger partial charge in [0.1, 0.15) is 6.04 Å². The van der Waals surface area contributed by atoms with Gasteiger partial charge in [-0.3, -0.25) is 13.9 Å². The molecule has 0 aliphatic carbocycles. The first kappa shape index (κ1) is 29.9. The molecule has 2 rings (SSSR count). The van der Waals surface area contributed by atoms with Gasteiger partial charge in [-0.25, -0.2) is 8.42 Å². The molecule has 1 N–H and O–H groups in total. The van der Waals surface area contributed by atoms with Gasteiger partial charge in [-0.1, -0.05) is 61.3 Å². The number of nitrogens with one attached hydrogen (secondary N) is 1. The van der Waals surface area contributed by atoms with Crippen LogP contribution in [0.1, 0.15) is 44.7 Å². The molecule has 0 bridgehead atoms. The molecule has 2 amide bonds. The minimum absolute atomic E-state index is 0.0604. The Kier molecular flexibility index (Phi) is 11.1. The van der Waals surface area contributed by atoms with Crippen molar-refractivity contribution in [3.05, 3.63) is 63.6 Å². The van der Waals surface area contributed by atoms with Crippen LogP contribution in [0.2, 0.25) is 10.0 Å². The van der Waals surface area contributed by atoms with Gasteiger partial charge in [-0.2, -0.15) is 0 Å². The van der Waals surface area contributed by atoms with Crippen molar-refractivity contribution >= 4 is 50.7 Å². The lowest BCUT2D eigenvalue weighted by Gasteiger charge is -2.30. The fourth-order valence-electron chi connectivity index (χ4n) is 3.69. The summed E-state index contributed by atoms with van der Waals surface area (Å²) in [5.74, 6) is -0.273. The lowest BCUT2D eigenvalue weighted by atomic mass is 10.1. The van der Waals surface area contributed by atoms with E-state index < -0.39 is 16.1 Å². The Bertz CT molecular complexity index is 1170. The highest BCUT2D eigenvalue weighted by Crippen LogP contribution is 2.25. The molecule has 7 nitrogen and oxygen atoms in total. The number of carbonyl (C=O) groups is 2. The number of hydrogen-bond donors (Lipinski definition) is 1. The van der Waals surface area contributed by atoms with Gasteiger partial charge in [0.2, 0.25) is 21.8 Å². The average Bonchev–Trinajstić information content (AvgIpc) is 2.79. The van der Waals surface area contributed by atoms with Crippen LogP contribution in [0.5, 0.6) is 0 Å². The highest BCUT2D eigenvalue weighted by Gasteiger charge is 2.27. The van der Waals surface area contributed by atoms with Gasteiger partial charge in [0.25, 0.3) is 0 Å². The van der Waals surface area contributed by atoms with E-state index in [1.807, 2.05) is 32.9 Å². The van der Waals surface area contributed by atoms with Crippen LogP contribution >= 0.6 is 23.2 Å². The summed E-state index contributed by atoms with van der Waals surface area (Å²) < 4.78 is 26.3. The summed E-state index contributed by atoms with van der Waals surface area (Å²) in [6, 6.07) is 11.5. The Balaban J connectivity index is 2.21. The molecule has 0 saturated heterocycles. The van der Waals surface area contributed by atoms with Crippen molar-refractivity contribution in [1.82, 2.24) is 10.2 Å². The van der Waals surface area contributed by atoms with Crippen LogP contribution in [0.15, 0.2) is 42.5 Å². The van der Waals surface area contributed by atoms with E-state index in [0.29, 0.717) is 27.8 Å². The number of sulfonamides is 1. The number of amides is 2. The average molecular weight is 557 g/mol. The maximum atomic E-state index is 13.4. The van der Waals surface area contributed by atoms with E-state index in [1.165, 1.54) is 9.21 Å². The standard InChI is InChI=1S/C26H35Cl2N3O4S/c1-18(2)16-29-26(33)20(4)30(17-21-12-13-22(27)15-23(21)28)25(32)11-8-14-31(36(5,34)35)24-10-7-6-9-19(24)3/h6-7,9-10,12-13,15,18,20H,8,11,14,16-17H2,1-5H3,(H,29,33)/t20-/m0/s1. The zero-order valence-electron chi connectivity index (χ0n) is 21.4. The molecule has 0 radical (unpaired) electrons. The van der Waals surface area contributed by atoms with Crippen molar-refractivity contribution in [1.29, 1.82) is 0 Å². The molecular weight excluding hydrogens is 521 g/mol. The van der Waals surface area contributed by atoms with E-state index in [1.54, 1.807) is 37.3 Å². The number of benzene rings is 2. The van der Waals surface area contributed by atoms with Crippen molar-refractivity contribution in [2.75, 3.05) is 23.7 Å². The number of anilines is 1. The molecule has 0 unspecified atom stereocenters. The number of aryl methyl sites for hydroxylation is 1. The summed E-state index contributed by atoms with van der Waals surface area (Å²) in [5, 5.41) is 3.75. The molecule has 1 atom stereocenters. The summed E-state index contributed by atoms with van der Waals surface area (Å²) in [4.78, 5) is 27.6. The molecule has 0 aliphatic heterocycles. The molecule has 0 aliphatic rings. The molecule has 198 valence electrons. The number of para-hydroxylation sites is 1. The first-order chi connectivity index (χ1) is 16.8. The van der Waals surface area contributed by atoms with Crippen molar-refractivity contribution in [3.8, 4) is 0 Å². The van der Waals surface area contributed by atoms with Crippen molar-refractivity contribution in [2.45, 2.75) is 53.1 Å². The normalized spacial score (nSPS) is 12.3. The zero-order chi connectivity index (χ0) is 27.0. The Hall–Kier alpha value is -2.29. The molecule has 2 aromatic carbocycles. The predicted octanol–water partition coefficient (Wildman–Crippen LogP) is 5.04. The van der Waals surface area contributed by atoms with Crippen LogP contribution in [0.4, 0.5) is 5.69 Å². The zero-order valence-corrected chi connectivity index (χ0v) is 23.8. The summed E-state index contributed by atoms with van der Waals surface area (Å²) in [7, 11) is -3.55. The maximum absolute atomic E-state index is 13.4. The van der Waals surface area contributed by atoms with Crippen LogP contribution in [-0.4, -0.2) is 50.5 Å². The van der Waals surface area contributed by atoms with Crippen molar-refractivity contribution in [2.24, 2.45) is 5.92 Å². The van der Waals surface area contributed by atoms with Gasteiger partial charge in [0, 0.05) is 36.1 Å². The molecular formula is C26H35Cl2N3O4S. The number of hydrogen-bond acceptors (Lipinski definition) is 4. The van der Waals surface area contributed by atoms with Crippen molar-refractivity contribution in [3.63, 3.8) is 0 Å². The molecule has 36 heavy (non-hydrogen) atoms. The number of rotatable bonds is 12. The highest BCUT2D eigenvalue weighted by atomic mass is 35.5. The lowest BCUT2D eigenvalue weighted by molar-refractivity contribution is -0.140. The van der Waals surface area contributed by atoms with Gasteiger partial charge >= 0.3 is 0 Å².